The van der Waals surface area contributed by atoms with Crippen LogP contribution in [-0.2, 0) is 4.74 Å². The molecule has 2 saturated heterocycles. The highest BCUT2D eigenvalue weighted by atomic mass is 16.5. The molecule has 0 radical (unpaired) electrons. The molecule has 0 aromatic rings. The molecule has 3 nitrogen and oxygen atoms in total. The molecule has 3 heteroatoms. The zero-order valence-electron chi connectivity index (χ0n) is 7.83. The van der Waals surface area contributed by atoms with Crippen LogP contribution < -0.4 is 5.73 Å². The second kappa shape index (κ2) is 2.27. The largest absolute Gasteiger partial charge is 0.388 e. The Morgan fingerprint density at radius 3 is 2.46 bits per heavy atom. The van der Waals surface area contributed by atoms with Crippen LogP contribution in [0.1, 0.15) is 38.5 Å². The van der Waals surface area contributed by atoms with Crippen molar-refractivity contribution in [3.63, 3.8) is 0 Å². The first kappa shape index (κ1) is 8.21. The maximum Gasteiger partial charge on any atom is 0.0852 e. The molecule has 0 amide bonds. The Morgan fingerprint density at radius 1 is 1.31 bits per heavy atom. The lowest BCUT2D eigenvalue weighted by Gasteiger charge is -2.51. The maximum absolute atomic E-state index is 10.3. The number of rotatable bonds is 1. The van der Waals surface area contributed by atoms with Crippen molar-refractivity contribution < 1.29 is 9.84 Å². The molecule has 2 bridgehead atoms. The van der Waals surface area contributed by atoms with Gasteiger partial charge in [0.25, 0.3) is 0 Å². The van der Waals surface area contributed by atoms with Crippen LogP contribution in [0.15, 0.2) is 0 Å². The van der Waals surface area contributed by atoms with Gasteiger partial charge in [0, 0.05) is 0 Å². The normalized spacial score (nSPS) is 52.2. The number of fused-ring (bicyclic) bond motifs is 2. The quantitative estimate of drug-likeness (QED) is 0.624. The van der Waals surface area contributed by atoms with Crippen molar-refractivity contribution in [3.8, 4) is 0 Å². The van der Waals surface area contributed by atoms with Crippen molar-refractivity contribution in [2.75, 3.05) is 0 Å². The lowest BCUT2D eigenvalue weighted by atomic mass is 9.61. The van der Waals surface area contributed by atoms with Gasteiger partial charge in [-0.15, -0.1) is 0 Å². The summed E-state index contributed by atoms with van der Waals surface area (Å²) in [5.74, 6) is 0. The van der Waals surface area contributed by atoms with Crippen LogP contribution in [0.4, 0.5) is 0 Å². The van der Waals surface area contributed by atoms with Gasteiger partial charge in [0.1, 0.15) is 0 Å². The predicted octanol–water partition coefficient (Wildman–Crippen LogP) is 0.550. The monoisotopic (exact) mass is 183 g/mol. The molecule has 3 fully saturated rings. The molecule has 74 valence electrons. The van der Waals surface area contributed by atoms with Crippen LogP contribution in [0, 0.1) is 0 Å². The summed E-state index contributed by atoms with van der Waals surface area (Å²) in [6.07, 6.45) is 6.37. The summed E-state index contributed by atoms with van der Waals surface area (Å²) in [5, 5.41) is 10.3. The Balaban J connectivity index is 1.89. The molecule has 0 spiro atoms. The lowest BCUT2D eigenvalue weighted by Crippen LogP contribution is -2.68. The third kappa shape index (κ3) is 0.853. The van der Waals surface area contributed by atoms with Crippen molar-refractivity contribution in [3.05, 3.63) is 0 Å². The SMILES string of the molecule is NC1(C2(O)CCC2)CC2CCC1O2. The van der Waals surface area contributed by atoms with Gasteiger partial charge in [0.05, 0.1) is 23.3 Å². The van der Waals surface area contributed by atoms with Crippen LogP contribution >= 0.6 is 0 Å². The molecule has 0 aromatic carbocycles. The molecule has 3 unspecified atom stereocenters. The zero-order chi connectivity index (χ0) is 9.10. The first-order chi connectivity index (χ1) is 6.14. The van der Waals surface area contributed by atoms with Crippen molar-refractivity contribution in [1.82, 2.24) is 0 Å². The number of hydrogen-bond donors (Lipinski definition) is 2. The fourth-order valence-corrected chi connectivity index (χ4v) is 3.21. The van der Waals surface area contributed by atoms with Gasteiger partial charge in [0.15, 0.2) is 0 Å². The average molecular weight is 183 g/mol. The smallest absolute Gasteiger partial charge is 0.0852 e. The van der Waals surface area contributed by atoms with Gasteiger partial charge in [-0.3, -0.25) is 0 Å². The molecule has 3 aliphatic rings. The zero-order valence-corrected chi connectivity index (χ0v) is 7.83. The van der Waals surface area contributed by atoms with Gasteiger partial charge in [-0.1, -0.05) is 0 Å². The summed E-state index contributed by atoms with van der Waals surface area (Å²) in [7, 11) is 0. The molecule has 1 saturated carbocycles. The van der Waals surface area contributed by atoms with Crippen molar-refractivity contribution in [1.29, 1.82) is 0 Å². The highest BCUT2D eigenvalue weighted by Crippen LogP contribution is 2.52. The van der Waals surface area contributed by atoms with E-state index in [0.29, 0.717) is 6.10 Å². The number of nitrogens with two attached hydrogens (primary N) is 1. The second-order valence-corrected chi connectivity index (χ2v) is 4.95. The lowest BCUT2D eigenvalue weighted by molar-refractivity contribution is -0.116. The van der Waals surface area contributed by atoms with E-state index in [2.05, 4.69) is 0 Å². The summed E-state index contributed by atoms with van der Waals surface area (Å²) in [6, 6.07) is 0. The highest BCUT2D eigenvalue weighted by molar-refractivity contribution is 5.18. The second-order valence-electron chi connectivity index (χ2n) is 4.95. The summed E-state index contributed by atoms with van der Waals surface area (Å²) < 4.78 is 5.72. The van der Waals surface area contributed by atoms with Gasteiger partial charge in [-0.2, -0.15) is 0 Å². The minimum Gasteiger partial charge on any atom is -0.388 e. The van der Waals surface area contributed by atoms with E-state index in [1.807, 2.05) is 0 Å². The van der Waals surface area contributed by atoms with E-state index in [9.17, 15) is 5.11 Å². The molecule has 1 aliphatic carbocycles. The fraction of sp³-hybridized carbons (Fsp3) is 1.00. The van der Waals surface area contributed by atoms with Crippen LogP contribution in [0.5, 0.6) is 0 Å². The van der Waals surface area contributed by atoms with Crippen LogP contribution in [0.3, 0.4) is 0 Å². The Kier molecular flexibility index (Phi) is 1.43. The van der Waals surface area contributed by atoms with Gasteiger partial charge in [-0.25, -0.2) is 0 Å². The third-order valence-corrected chi connectivity index (χ3v) is 4.29. The standard InChI is InChI=1S/C10H17NO2/c11-10(9(12)4-1-5-9)6-7-2-3-8(10)13-7/h7-8,12H,1-6,11H2. The van der Waals surface area contributed by atoms with E-state index in [0.717, 1.165) is 38.5 Å². The van der Waals surface area contributed by atoms with Gasteiger partial charge in [0.2, 0.25) is 0 Å². The number of hydrogen-bond acceptors (Lipinski definition) is 3. The molecule has 2 aliphatic heterocycles. The summed E-state index contributed by atoms with van der Waals surface area (Å²) >= 11 is 0. The van der Waals surface area contributed by atoms with E-state index in [1.54, 1.807) is 0 Å². The van der Waals surface area contributed by atoms with E-state index < -0.39 is 11.1 Å². The first-order valence-corrected chi connectivity index (χ1v) is 5.31. The van der Waals surface area contributed by atoms with E-state index in [-0.39, 0.29) is 6.10 Å². The maximum atomic E-state index is 10.3. The fourth-order valence-electron chi connectivity index (χ4n) is 3.21. The Labute approximate surface area is 78.3 Å². The number of ether oxygens (including phenoxy) is 1. The van der Waals surface area contributed by atoms with E-state index in [4.69, 9.17) is 10.5 Å². The molecule has 0 aromatic heterocycles. The molecular weight excluding hydrogens is 166 g/mol. The van der Waals surface area contributed by atoms with Gasteiger partial charge in [-0.05, 0) is 38.5 Å². The minimum absolute atomic E-state index is 0.128. The Morgan fingerprint density at radius 2 is 2.08 bits per heavy atom. The minimum atomic E-state index is -0.604. The predicted molar refractivity (Wildman–Crippen MR) is 48.2 cm³/mol. The Bertz CT molecular complexity index is 239. The number of aliphatic hydroxyl groups is 1. The van der Waals surface area contributed by atoms with Crippen molar-refractivity contribution in [2.24, 2.45) is 5.73 Å². The van der Waals surface area contributed by atoms with Crippen molar-refractivity contribution >= 4 is 0 Å². The highest BCUT2D eigenvalue weighted by Gasteiger charge is 2.62. The first-order valence-electron chi connectivity index (χ1n) is 5.31. The van der Waals surface area contributed by atoms with Gasteiger partial charge < -0.3 is 15.6 Å². The molecule has 3 rings (SSSR count). The molecule has 3 atom stereocenters. The third-order valence-electron chi connectivity index (χ3n) is 4.29. The average Bonchev–Trinajstić information content (AvgIpc) is 2.59. The summed E-state index contributed by atoms with van der Waals surface area (Å²) in [6.45, 7) is 0. The van der Waals surface area contributed by atoms with Crippen LogP contribution in [0.25, 0.3) is 0 Å². The van der Waals surface area contributed by atoms with E-state index >= 15 is 0 Å². The van der Waals surface area contributed by atoms with Crippen molar-refractivity contribution in [2.45, 2.75) is 61.9 Å². The molecule has 2 heterocycles. The van der Waals surface area contributed by atoms with Gasteiger partial charge >= 0.3 is 0 Å². The molecule has 13 heavy (non-hydrogen) atoms. The topological polar surface area (TPSA) is 55.5 Å². The van der Waals surface area contributed by atoms with Crippen LogP contribution in [0.2, 0.25) is 0 Å². The molecule has 3 N–H and O–H groups in total. The Hall–Kier alpha value is -0.120. The summed E-state index contributed by atoms with van der Waals surface area (Å²) in [5.41, 5.74) is 5.28. The van der Waals surface area contributed by atoms with E-state index in [1.165, 1.54) is 0 Å². The summed E-state index contributed by atoms with van der Waals surface area (Å²) in [4.78, 5) is 0. The van der Waals surface area contributed by atoms with Crippen LogP contribution in [-0.4, -0.2) is 28.5 Å². The molecular formula is C10H17NO2.